The van der Waals surface area contributed by atoms with E-state index in [1.54, 1.807) is 32.0 Å². The highest BCUT2D eigenvalue weighted by Gasteiger charge is 2.25. The number of carbonyl (C=O) groups is 2. The molecule has 0 aliphatic carbocycles. The maximum Gasteiger partial charge on any atom is 0.242 e. The molecule has 138 valence electrons. The third kappa shape index (κ3) is 5.30. The number of halogens is 2. The van der Waals surface area contributed by atoms with Gasteiger partial charge < -0.3 is 10.2 Å². The molecule has 26 heavy (non-hydrogen) atoms. The van der Waals surface area contributed by atoms with Gasteiger partial charge in [0.05, 0.1) is 0 Å². The van der Waals surface area contributed by atoms with Crippen molar-refractivity contribution in [1.82, 2.24) is 10.2 Å². The van der Waals surface area contributed by atoms with Crippen molar-refractivity contribution >= 4 is 23.4 Å². The van der Waals surface area contributed by atoms with E-state index in [-0.39, 0.29) is 37.1 Å². The summed E-state index contributed by atoms with van der Waals surface area (Å²) in [7, 11) is 0. The summed E-state index contributed by atoms with van der Waals surface area (Å²) in [6.45, 7) is 3.95. The Morgan fingerprint density at radius 3 is 2.42 bits per heavy atom. The van der Waals surface area contributed by atoms with Crippen molar-refractivity contribution in [2.24, 2.45) is 0 Å². The van der Waals surface area contributed by atoms with Crippen LogP contribution in [-0.4, -0.2) is 22.8 Å². The van der Waals surface area contributed by atoms with Crippen LogP contribution in [0.25, 0.3) is 0 Å². The molecule has 6 heteroatoms. The maximum absolute atomic E-state index is 13.1. The second kappa shape index (κ2) is 9.34. The minimum atomic E-state index is -0.657. The Balaban J connectivity index is 2.06. The predicted octanol–water partition coefficient (Wildman–Crippen LogP) is 3.92. The van der Waals surface area contributed by atoms with E-state index in [9.17, 15) is 14.0 Å². The molecule has 2 aromatic carbocycles. The van der Waals surface area contributed by atoms with Crippen molar-refractivity contribution in [1.29, 1.82) is 0 Å². The normalized spacial score (nSPS) is 11.7. The summed E-state index contributed by atoms with van der Waals surface area (Å²) < 4.78 is 13.1. The lowest BCUT2D eigenvalue weighted by Gasteiger charge is -2.28. The highest BCUT2D eigenvalue weighted by atomic mass is 35.5. The lowest BCUT2D eigenvalue weighted by molar-refractivity contribution is -0.140. The van der Waals surface area contributed by atoms with Crippen LogP contribution in [0.2, 0.25) is 5.02 Å². The number of nitrogens with zero attached hydrogens (tertiary/aromatic N) is 1. The summed E-state index contributed by atoms with van der Waals surface area (Å²) >= 11 is 6.10. The average molecular weight is 377 g/mol. The van der Waals surface area contributed by atoms with E-state index >= 15 is 0 Å². The molecule has 2 aromatic rings. The summed E-state index contributed by atoms with van der Waals surface area (Å²) in [6, 6.07) is 12.5. The molecule has 1 atom stereocenters. The SMILES string of the molecule is CCC(=O)N(Cc1ccc(F)cc1)[C@@H](C)C(=O)NCc1ccccc1Cl. The number of hydrogen-bond donors (Lipinski definition) is 1. The first-order valence-corrected chi connectivity index (χ1v) is 8.85. The molecule has 2 rings (SSSR count). The highest BCUT2D eigenvalue weighted by Crippen LogP contribution is 2.15. The number of carbonyl (C=O) groups excluding carboxylic acids is 2. The molecule has 0 unspecified atom stereocenters. The topological polar surface area (TPSA) is 49.4 Å². The van der Waals surface area contributed by atoms with Crippen LogP contribution in [0.15, 0.2) is 48.5 Å². The smallest absolute Gasteiger partial charge is 0.242 e. The summed E-state index contributed by atoms with van der Waals surface area (Å²) in [5.74, 6) is -0.754. The molecule has 0 aliphatic heterocycles. The molecule has 0 heterocycles. The zero-order chi connectivity index (χ0) is 19.1. The van der Waals surface area contributed by atoms with Crippen molar-refractivity contribution in [2.45, 2.75) is 39.4 Å². The van der Waals surface area contributed by atoms with Gasteiger partial charge in [-0.15, -0.1) is 0 Å². The number of nitrogens with one attached hydrogen (secondary N) is 1. The van der Waals surface area contributed by atoms with E-state index in [1.807, 2.05) is 18.2 Å². The monoisotopic (exact) mass is 376 g/mol. The van der Waals surface area contributed by atoms with Gasteiger partial charge in [0, 0.05) is 24.5 Å². The van der Waals surface area contributed by atoms with Gasteiger partial charge in [-0.1, -0.05) is 48.9 Å². The Hall–Kier alpha value is -2.40. The summed E-state index contributed by atoms with van der Waals surface area (Å²) in [5, 5.41) is 3.39. The van der Waals surface area contributed by atoms with Crippen LogP contribution < -0.4 is 5.32 Å². The third-order valence-electron chi connectivity index (χ3n) is 4.15. The minimum Gasteiger partial charge on any atom is -0.350 e. The largest absolute Gasteiger partial charge is 0.350 e. The van der Waals surface area contributed by atoms with Gasteiger partial charge in [-0.05, 0) is 36.2 Å². The number of hydrogen-bond acceptors (Lipinski definition) is 2. The summed E-state index contributed by atoms with van der Waals surface area (Å²) in [5.41, 5.74) is 1.57. The highest BCUT2D eigenvalue weighted by molar-refractivity contribution is 6.31. The van der Waals surface area contributed by atoms with Crippen LogP contribution in [0.4, 0.5) is 4.39 Å². The molecule has 0 fully saturated rings. The number of amides is 2. The molecular weight excluding hydrogens is 355 g/mol. The zero-order valence-electron chi connectivity index (χ0n) is 14.8. The molecule has 0 bridgehead atoms. The average Bonchev–Trinajstić information content (AvgIpc) is 2.65. The van der Waals surface area contributed by atoms with Gasteiger partial charge in [-0.2, -0.15) is 0 Å². The van der Waals surface area contributed by atoms with Crippen molar-refractivity contribution in [3.63, 3.8) is 0 Å². The van der Waals surface area contributed by atoms with Gasteiger partial charge in [0.25, 0.3) is 0 Å². The molecule has 0 spiro atoms. The van der Waals surface area contributed by atoms with E-state index in [4.69, 9.17) is 11.6 Å². The predicted molar refractivity (Wildman–Crippen MR) is 100 cm³/mol. The lowest BCUT2D eigenvalue weighted by Crippen LogP contribution is -2.47. The van der Waals surface area contributed by atoms with E-state index < -0.39 is 6.04 Å². The Bertz CT molecular complexity index is 765. The van der Waals surface area contributed by atoms with Crippen LogP contribution in [0.5, 0.6) is 0 Å². The first-order valence-electron chi connectivity index (χ1n) is 8.47. The van der Waals surface area contributed by atoms with Crippen LogP contribution >= 0.6 is 11.6 Å². The Labute approximate surface area is 158 Å². The fraction of sp³-hybridized carbons (Fsp3) is 0.300. The molecule has 4 nitrogen and oxygen atoms in total. The fourth-order valence-electron chi connectivity index (χ4n) is 2.54. The third-order valence-corrected chi connectivity index (χ3v) is 4.52. The molecule has 0 aromatic heterocycles. The number of benzene rings is 2. The lowest BCUT2D eigenvalue weighted by atomic mass is 10.1. The first kappa shape index (κ1) is 19.9. The summed E-state index contributed by atoms with van der Waals surface area (Å²) in [6.07, 6.45) is 0.281. The maximum atomic E-state index is 13.1. The van der Waals surface area contributed by atoms with Gasteiger partial charge in [-0.25, -0.2) is 4.39 Å². The second-order valence-electron chi connectivity index (χ2n) is 5.99. The second-order valence-corrected chi connectivity index (χ2v) is 6.39. The first-order chi connectivity index (χ1) is 12.4. The van der Waals surface area contributed by atoms with E-state index in [0.29, 0.717) is 5.02 Å². The molecule has 0 saturated carbocycles. The van der Waals surface area contributed by atoms with Gasteiger partial charge in [0.15, 0.2) is 0 Å². The Morgan fingerprint density at radius 2 is 1.81 bits per heavy atom. The van der Waals surface area contributed by atoms with Crippen molar-refractivity contribution in [2.75, 3.05) is 0 Å². The van der Waals surface area contributed by atoms with Gasteiger partial charge in [-0.3, -0.25) is 9.59 Å². The molecule has 0 saturated heterocycles. The van der Waals surface area contributed by atoms with Gasteiger partial charge in [0.1, 0.15) is 11.9 Å². The molecule has 0 radical (unpaired) electrons. The van der Waals surface area contributed by atoms with Crippen molar-refractivity contribution in [3.05, 3.63) is 70.5 Å². The van der Waals surface area contributed by atoms with E-state index in [1.165, 1.54) is 17.0 Å². The van der Waals surface area contributed by atoms with Crippen LogP contribution in [0, 0.1) is 5.82 Å². The quantitative estimate of drug-likeness (QED) is 0.796. The minimum absolute atomic E-state index is 0.144. The van der Waals surface area contributed by atoms with E-state index in [0.717, 1.165) is 11.1 Å². The van der Waals surface area contributed by atoms with Crippen LogP contribution in [0.3, 0.4) is 0 Å². The van der Waals surface area contributed by atoms with Crippen molar-refractivity contribution in [3.8, 4) is 0 Å². The fourth-order valence-corrected chi connectivity index (χ4v) is 2.75. The Kier molecular flexibility index (Phi) is 7.16. The standard InChI is InChI=1S/C20H22ClFN2O2/c1-3-19(25)24(13-15-8-10-17(22)11-9-15)14(2)20(26)23-12-16-6-4-5-7-18(16)21/h4-11,14H,3,12-13H2,1-2H3,(H,23,26)/t14-/m0/s1. The molecular formula is C20H22ClFN2O2. The van der Waals surface area contributed by atoms with Gasteiger partial charge in [0.2, 0.25) is 11.8 Å². The van der Waals surface area contributed by atoms with Crippen molar-refractivity contribution < 1.29 is 14.0 Å². The zero-order valence-corrected chi connectivity index (χ0v) is 15.6. The molecule has 0 aliphatic rings. The number of rotatable bonds is 7. The molecule has 1 N–H and O–H groups in total. The van der Waals surface area contributed by atoms with Crippen LogP contribution in [0.1, 0.15) is 31.4 Å². The van der Waals surface area contributed by atoms with Crippen LogP contribution in [-0.2, 0) is 22.7 Å². The van der Waals surface area contributed by atoms with Gasteiger partial charge >= 0.3 is 0 Å². The Morgan fingerprint density at radius 1 is 1.15 bits per heavy atom. The van der Waals surface area contributed by atoms with E-state index in [2.05, 4.69) is 5.32 Å². The summed E-state index contributed by atoms with van der Waals surface area (Å²) in [4.78, 5) is 26.3. The molecule has 2 amide bonds.